The fraction of sp³-hybridized carbons (Fsp3) is 0.320. The zero-order valence-corrected chi connectivity index (χ0v) is 19.8. The van der Waals surface area contributed by atoms with E-state index in [-0.39, 0.29) is 10.8 Å². The van der Waals surface area contributed by atoms with Crippen LogP contribution in [0.5, 0.6) is 0 Å². The average Bonchev–Trinajstić information content (AvgIpc) is 2.85. The van der Waals surface area contributed by atoms with Crippen LogP contribution in [0.3, 0.4) is 0 Å². The van der Waals surface area contributed by atoms with E-state index in [2.05, 4.69) is 30.5 Å². The molecule has 4 aromatic rings. The van der Waals surface area contributed by atoms with Gasteiger partial charge in [-0.3, -0.25) is 4.98 Å². The Balaban J connectivity index is 1.43. The molecular weight excluding hydrogens is 467 g/mol. The second-order valence-corrected chi connectivity index (χ2v) is 9.33. The minimum absolute atomic E-state index is 0.0503. The first-order valence-corrected chi connectivity index (χ1v) is 12.2. The van der Waals surface area contributed by atoms with Crippen LogP contribution in [0.2, 0.25) is 5.02 Å². The molecule has 0 unspecified atom stereocenters. The van der Waals surface area contributed by atoms with E-state index in [9.17, 15) is 4.39 Å². The van der Waals surface area contributed by atoms with Crippen LogP contribution in [0.4, 0.5) is 21.8 Å². The number of hydrogen-bond acceptors (Lipinski definition) is 8. The molecule has 35 heavy (non-hydrogen) atoms. The Kier molecular flexibility index (Phi) is 5.87. The van der Waals surface area contributed by atoms with Crippen LogP contribution >= 0.6 is 11.6 Å². The van der Waals surface area contributed by atoms with Crippen molar-refractivity contribution in [3.63, 3.8) is 0 Å². The minimum atomic E-state index is -0.553. The largest absolute Gasteiger partial charge is 0.353 e. The summed E-state index contributed by atoms with van der Waals surface area (Å²) in [6.07, 6.45) is 10.4. The zero-order valence-electron chi connectivity index (χ0n) is 19.0. The van der Waals surface area contributed by atoms with E-state index in [0.717, 1.165) is 48.5 Å². The Bertz CT molecular complexity index is 1390. The van der Waals surface area contributed by atoms with Crippen molar-refractivity contribution in [2.24, 2.45) is 0 Å². The molecule has 8 nitrogen and oxygen atoms in total. The fourth-order valence-electron chi connectivity index (χ4n) is 4.62. The third kappa shape index (κ3) is 4.37. The van der Waals surface area contributed by atoms with Gasteiger partial charge in [-0.05, 0) is 42.5 Å². The quantitative estimate of drug-likeness (QED) is 0.416. The summed E-state index contributed by atoms with van der Waals surface area (Å²) in [7, 11) is 0. The Morgan fingerprint density at radius 2 is 1.91 bits per heavy atom. The number of hydrogen-bond donors (Lipinski definition) is 2. The van der Waals surface area contributed by atoms with Gasteiger partial charge in [0.2, 0.25) is 0 Å². The number of fused-ring (bicyclic) bond motifs is 1. The highest BCUT2D eigenvalue weighted by Crippen LogP contribution is 2.42. The van der Waals surface area contributed by atoms with Crippen LogP contribution < -0.4 is 15.5 Å². The molecule has 0 radical (unpaired) electrons. The van der Waals surface area contributed by atoms with Gasteiger partial charge in [0, 0.05) is 55.7 Å². The average molecular weight is 491 g/mol. The predicted molar refractivity (Wildman–Crippen MR) is 135 cm³/mol. The molecule has 178 valence electrons. The first-order valence-electron chi connectivity index (χ1n) is 11.8. The van der Waals surface area contributed by atoms with Crippen molar-refractivity contribution in [2.75, 3.05) is 36.4 Å². The van der Waals surface area contributed by atoms with E-state index >= 15 is 0 Å². The number of aromatic nitrogens is 5. The molecule has 0 atom stereocenters. The monoisotopic (exact) mass is 490 g/mol. The minimum Gasteiger partial charge on any atom is -0.353 e. The smallest absolute Gasteiger partial charge is 0.167 e. The molecular formula is C25H24ClFN8. The van der Waals surface area contributed by atoms with Gasteiger partial charge < -0.3 is 15.5 Å². The topological polar surface area (TPSA) is 91.8 Å². The van der Waals surface area contributed by atoms with Gasteiger partial charge >= 0.3 is 0 Å². The van der Waals surface area contributed by atoms with Crippen molar-refractivity contribution >= 4 is 40.0 Å². The molecule has 0 amide bonds. The molecule has 2 fully saturated rings. The number of anilines is 3. The molecule has 6 rings (SSSR count). The second-order valence-electron chi connectivity index (χ2n) is 8.90. The van der Waals surface area contributed by atoms with Crippen molar-refractivity contribution in [3.8, 4) is 11.4 Å². The number of nitrogens with zero attached hydrogens (tertiary/aromatic N) is 6. The summed E-state index contributed by atoms with van der Waals surface area (Å²) in [5.74, 6) is 1.98. The van der Waals surface area contributed by atoms with Gasteiger partial charge in [-0.15, -0.1) is 0 Å². The third-order valence-corrected chi connectivity index (χ3v) is 6.86. The van der Waals surface area contributed by atoms with Crippen molar-refractivity contribution in [1.82, 2.24) is 30.2 Å². The second kappa shape index (κ2) is 9.31. The lowest BCUT2D eigenvalue weighted by molar-refractivity contribution is 0.421. The number of nitrogens with one attached hydrogen (secondary N) is 2. The molecule has 0 spiro atoms. The third-order valence-electron chi connectivity index (χ3n) is 6.65. The van der Waals surface area contributed by atoms with Crippen molar-refractivity contribution in [3.05, 3.63) is 59.4 Å². The van der Waals surface area contributed by atoms with E-state index in [1.165, 1.54) is 37.1 Å². The predicted octanol–water partition coefficient (Wildman–Crippen LogP) is 4.70. The van der Waals surface area contributed by atoms with Gasteiger partial charge in [-0.25, -0.2) is 24.3 Å². The van der Waals surface area contributed by atoms with Crippen molar-refractivity contribution in [2.45, 2.75) is 25.2 Å². The highest BCUT2D eigenvalue weighted by Gasteiger charge is 2.26. The van der Waals surface area contributed by atoms with Gasteiger partial charge in [0.15, 0.2) is 17.5 Å². The van der Waals surface area contributed by atoms with Crippen LogP contribution in [0.25, 0.3) is 22.3 Å². The van der Waals surface area contributed by atoms with Gasteiger partial charge in [-0.2, -0.15) is 0 Å². The molecule has 1 saturated heterocycles. The summed E-state index contributed by atoms with van der Waals surface area (Å²) in [5, 5.41) is 7.68. The SMILES string of the molecule is Fc1cc(Cl)cnc1Nc1cc(-c2nc(N3CCNCC3)c3c(C4CCC4)cncc3n2)ccn1. The van der Waals surface area contributed by atoms with E-state index < -0.39 is 5.82 Å². The molecule has 2 aliphatic rings. The van der Waals surface area contributed by atoms with Gasteiger partial charge in [0.25, 0.3) is 0 Å². The number of piperazine rings is 1. The Hall–Kier alpha value is -3.43. The van der Waals surface area contributed by atoms with E-state index in [4.69, 9.17) is 21.6 Å². The maximum atomic E-state index is 14.3. The molecule has 1 aliphatic carbocycles. The summed E-state index contributed by atoms with van der Waals surface area (Å²) in [4.78, 5) is 25.2. The van der Waals surface area contributed by atoms with Crippen LogP contribution in [0.1, 0.15) is 30.7 Å². The Labute approximate surface area is 207 Å². The molecule has 4 aromatic heterocycles. The number of pyridine rings is 3. The van der Waals surface area contributed by atoms with E-state index in [0.29, 0.717) is 17.6 Å². The van der Waals surface area contributed by atoms with Crippen LogP contribution in [0.15, 0.2) is 43.0 Å². The molecule has 0 aromatic carbocycles. The first kappa shape index (κ1) is 22.1. The highest BCUT2D eigenvalue weighted by molar-refractivity contribution is 6.30. The summed E-state index contributed by atoms with van der Waals surface area (Å²) < 4.78 is 14.3. The normalized spacial score (nSPS) is 16.3. The zero-order chi connectivity index (χ0) is 23.8. The van der Waals surface area contributed by atoms with Gasteiger partial charge in [0.1, 0.15) is 11.6 Å². The Morgan fingerprint density at radius 3 is 2.69 bits per heavy atom. The molecule has 2 N–H and O–H groups in total. The number of rotatable bonds is 5. The van der Waals surface area contributed by atoms with Crippen molar-refractivity contribution < 1.29 is 4.39 Å². The van der Waals surface area contributed by atoms with Crippen LogP contribution in [-0.2, 0) is 0 Å². The molecule has 5 heterocycles. The van der Waals surface area contributed by atoms with Crippen LogP contribution in [-0.4, -0.2) is 51.1 Å². The molecule has 0 bridgehead atoms. The van der Waals surface area contributed by atoms with Gasteiger partial charge in [-0.1, -0.05) is 18.0 Å². The summed E-state index contributed by atoms with van der Waals surface area (Å²) in [6.45, 7) is 3.58. The molecule has 1 saturated carbocycles. The molecule has 10 heteroatoms. The lowest BCUT2D eigenvalue weighted by Crippen LogP contribution is -2.44. The summed E-state index contributed by atoms with van der Waals surface area (Å²) >= 11 is 5.82. The standard InChI is InChI=1S/C25H24ClFN8/c26-17-11-19(27)24(31-12-17)33-21-10-16(4-5-30-21)23-32-20-14-29-13-18(15-2-1-3-15)22(20)25(34-23)35-8-6-28-7-9-35/h4-5,10-15,28H,1-3,6-9H2,(H,30,31,33). The fourth-order valence-corrected chi connectivity index (χ4v) is 4.76. The maximum absolute atomic E-state index is 14.3. The lowest BCUT2D eigenvalue weighted by atomic mass is 9.79. The Morgan fingerprint density at radius 1 is 1.06 bits per heavy atom. The van der Waals surface area contributed by atoms with Crippen LogP contribution in [0, 0.1) is 5.82 Å². The summed E-state index contributed by atoms with van der Waals surface area (Å²) in [6, 6.07) is 4.85. The maximum Gasteiger partial charge on any atom is 0.167 e. The first-order chi connectivity index (χ1) is 17.2. The van der Waals surface area contributed by atoms with E-state index in [1.54, 1.807) is 12.3 Å². The lowest BCUT2D eigenvalue weighted by Gasteiger charge is -2.32. The van der Waals surface area contributed by atoms with E-state index in [1.807, 2.05) is 18.5 Å². The molecule has 1 aliphatic heterocycles. The van der Waals surface area contributed by atoms with Crippen molar-refractivity contribution in [1.29, 1.82) is 0 Å². The van der Waals surface area contributed by atoms with Gasteiger partial charge in [0.05, 0.1) is 16.7 Å². The summed E-state index contributed by atoms with van der Waals surface area (Å²) in [5.41, 5.74) is 2.85. The number of halogens is 2. The highest BCUT2D eigenvalue weighted by atomic mass is 35.5.